The first-order chi connectivity index (χ1) is 14.4. The minimum atomic E-state index is -0.897. The van der Waals surface area contributed by atoms with Crippen LogP contribution in [0.4, 0.5) is 14.5 Å². The molecule has 1 amide bonds. The van der Waals surface area contributed by atoms with Gasteiger partial charge >= 0.3 is 0 Å². The predicted octanol–water partition coefficient (Wildman–Crippen LogP) is 4.29. The van der Waals surface area contributed by atoms with Crippen LogP contribution in [0.25, 0.3) is 22.3 Å². The molecule has 1 N–H and O–H groups in total. The van der Waals surface area contributed by atoms with Gasteiger partial charge in [-0.1, -0.05) is 35.9 Å². The Labute approximate surface area is 170 Å². The largest absolute Gasteiger partial charge is 0.322 e. The summed E-state index contributed by atoms with van der Waals surface area (Å²) in [4.78, 5) is 30.3. The molecule has 0 saturated carbocycles. The average molecular weight is 405 g/mol. The first-order valence-electron chi connectivity index (χ1n) is 9.24. The SMILES string of the molecule is Cc1cccc(-c2nc3ccccc3c(=O)n2CC(=O)Nc2ccc(F)cc2F)c1. The van der Waals surface area contributed by atoms with Gasteiger partial charge in [0.1, 0.15) is 24.0 Å². The van der Waals surface area contributed by atoms with Gasteiger partial charge in [-0.2, -0.15) is 0 Å². The highest BCUT2D eigenvalue weighted by molar-refractivity contribution is 5.91. The molecule has 3 aromatic carbocycles. The summed E-state index contributed by atoms with van der Waals surface area (Å²) in [6, 6.07) is 17.1. The van der Waals surface area contributed by atoms with Crippen LogP contribution in [0, 0.1) is 18.6 Å². The minimum absolute atomic E-state index is 0.166. The fraction of sp³-hybridized carbons (Fsp3) is 0.0870. The minimum Gasteiger partial charge on any atom is -0.322 e. The number of anilines is 1. The number of benzene rings is 3. The van der Waals surface area contributed by atoms with Crippen molar-refractivity contribution in [3.63, 3.8) is 0 Å². The van der Waals surface area contributed by atoms with E-state index in [1.165, 1.54) is 4.57 Å². The molecule has 0 unspecified atom stereocenters. The molecular formula is C23H17F2N3O2. The second-order valence-electron chi connectivity index (χ2n) is 6.89. The van der Waals surface area contributed by atoms with Gasteiger partial charge in [-0.3, -0.25) is 14.2 Å². The second kappa shape index (κ2) is 7.87. The van der Waals surface area contributed by atoms with E-state index in [0.29, 0.717) is 28.4 Å². The first kappa shape index (κ1) is 19.4. The van der Waals surface area contributed by atoms with Gasteiger partial charge in [0, 0.05) is 11.6 Å². The summed E-state index contributed by atoms with van der Waals surface area (Å²) in [5.74, 6) is -1.95. The maximum absolute atomic E-state index is 13.9. The number of carbonyl (C=O) groups is 1. The number of aromatic nitrogens is 2. The second-order valence-corrected chi connectivity index (χ2v) is 6.89. The maximum Gasteiger partial charge on any atom is 0.262 e. The molecule has 4 aromatic rings. The highest BCUT2D eigenvalue weighted by atomic mass is 19.1. The molecule has 0 spiro atoms. The summed E-state index contributed by atoms with van der Waals surface area (Å²) >= 11 is 0. The standard InChI is InChI=1S/C23H17F2N3O2/c1-14-5-4-6-15(11-14)22-27-19-8-3-2-7-17(19)23(30)28(22)13-21(29)26-20-10-9-16(24)12-18(20)25/h2-12H,13H2,1H3,(H,26,29). The van der Waals surface area contributed by atoms with E-state index in [-0.39, 0.29) is 17.8 Å². The summed E-state index contributed by atoms with van der Waals surface area (Å²) < 4.78 is 28.2. The average Bonchev–Trinajstić information content (AvgIpc) is 2.72. The molecule has 5 nitrogen and oxygen atoms in total. The van der Waals surface area contributed by atoms with E-state index < -0.39 is 17.5 Å². The lowest BCUT2D eigenvalue weighted by Crippen LogP contribution is -2.30. The monoisotopic (exact) mass is 405 g/mol. The van der Waals surface area contributed by atoms with Crippen LogP contribution in [0.3, 0.4) is 0 Å². The smallest absolute Gasteiger partial charge is 0.262 e. The molecule has 0 aliphatic rings. The van der Waals surface area contributed by atoms with E-state index in [2.05, 4.69) is 10.3 Å². The van der Waals surface area contributed by atoms with E-state index >= 15 is 0 Å². The Kier molecular flexibility index (Phi) is 5.10. The van der Waals surface area contributed by atoms with Gasteiger partial charge in [0.15, 0.2) is 0 Å². The number of aryl methyl sites for hydroxylation is 1. The van der Waals surface area contributed by atoms with E-state index in [4.69, 9.17) is 0 Å². The van der Waals surface area contributed by atoms with Gasteiger partial charge < -0.3 is 5.32 Å². The van der Waals surface area contributed by atoms with Crippen molar-refractivity contribution in [3.8, 4) is 11.4 Å². The first-order valence-corrected chi connectivity index (χ1v) is 9.24. The maximum atomic E-state index is 13.9. The van der Waals surface area contributed by atoms with Gasteiger partial charge in [-0.05, 0) is 37.3 Å². The zero-order chi connectivity index (χ0) is 21.3. The van der Waals surface area contributed by atoms with Crippen LogP contribution in [-0.2, 0) is 11.3 Å². The summed E-state index contributed by atoms with van der Waals surface area (Å²) in [7, 11) is 0. The molecule has 0 aliphatic carbocycles. The van der Waals surface area contributed by atoms with Crippen molar-refractivity contribution < 1.29 is 13.6 Å². The number of carbonyl (C=O) groups excluding carboxylic acids is 1. The number of halogens is 2. The molecule has 1 aromatic heterocycles. The van der Waals surface area contributed by atoms with E-state index in [1.807, 2.05) is 25.1 Å². The van der Waals surface area contributed by atoms with Crippen LogP contribution in [0.15, 0.2) is 71.5 Å². The number of nitrogens with zero attached hydrogens (tertiary/aromatic N) is 2. The van der Waals surface area contributed by atoms with Crippen LogP contribution >= 0.6 is 0 Å². The highest BCUT2D eigenvalue weighted by Crippen LogP contribution is 2.21. The molecule has 1 heterocycles. The van der Waals surface area contributed by atoms with E-state index in [0.717, 1.165) is 17.7 Å². The molecule has 0 aliphatic heterocycles. The van der Waals surface area contributed by atoms with Crippen LogP contribution < -0.4 is 10.9 Å². The van der Waals surface area contributed by atoms with Crippen molar-refractivity contribution in [2.75, 3.05) is 5.32 Å². The summed E-state index contributed by atoms with van der Waals surface area (Å²) in [5, 5.41) is 2.75. The Hall–Kier alpha value is -3.87. The molecule has 4 rings (SSSR count). The van der Waals surface area contributed by atoms with Crippen molar-refractivity contribution in [1.29, 1.82) is 0 Å². The summed E-state index contributed by atoms with van der Waals surface area (Å²) in [6.45, 7) is 1.54. The number of hydrogen-bond acceptors (Lipinski definition) is 3. The fourth-order valence-corrected chi connectivity index (χ4v) is 3.24. The Morgan fingerprint density at radius 1 is 1.03 bits per heavy atom. The number of amides is 1. The van der Waals surface area contributed by atoms with E-state index in [9.17, 15) is 18.4 Å². The molecule has 0 saturated heterocycles. The third kappa shape index (κ3) is 3.82. The number of fused-ring (bicyclic) bond motifs is 1. The zero-order valence-electron chi connectivity index (χ0n) is 16.0. The normalized spacial score (nSPS) is 10.9. The third-order valence-electron chi connectivity index (χ3n) is 4.64. The molecule has 30 heavy (non-hydrogen) atoms. The van der Waals surface area contributed by atoms with Gasteiger partial charge in [0.2, 0.25) is 5.91 Å². The molecular weight excluding hydrogens is 388 g/mol. The van der Waals surface area contributed by atoms with Gasteiger partial charge in [0.25, 0.3) is 5.56 Å². The number of hydrogen-bond donors (Lipinski definition) is 1. The molecule has 0 fully saturated rings. The molecule has 7 heteroatoms. The number of para-hydroxylation sites is 1. The van der Waals surface area contributed by atoms with Crippen molar-refractivity contribution in [2.45, 2.75) is 13.5 Å². The van der Waals surface area contributed by atoms with Crippen molar-refractivity contribution in [3.05, 3.63) is 94.3 Å². The predicted molar refractivity (Wildman–Crippen MR) is 111 cm³/mol. The Morgan fingerprint density at radius 3 is 2.60 bits per heavy atom. The lowest BCUT2D eigenvalue weighted by atomic mass is 10.1. The lowest BCUT2D eigenvalue weighted by Gasteiger charge is -2.14. The quantitative estimate of drug-likeness (QED) is 0.551. The van der Waals surface area contributed by atoms with Crippen LogP contribution in [0.1, 0.15) is 5.56 Å². The van der Waals surface area contributed by atoms with Gasteiger partial charge in [0.05, 0.1) is 16.6 Å². The molecule has 0 atom stereocenters. The van der Waals surface area contributed by atoms with E-state index in [1.54, 1.807) is 30.3 Å². The van der Waals surface area contributed by atoms with Gasteiger partial charge in [-0.25, -0.2) is 13.8 Å². The summed E-state index contributed by atoms with van der Waals surface area (Å²) in [6.07, 6.45) is 0. The van der Waals surface area contributed by atoms with Crippen LogP contribution in [-0.4, -0.2) is 15.5 Å². The van der Waals surface area contributed by atoms with Crippen LogP contribution in [0.2, 0.25) is 0 Å². The number of rotatable bonds is 4. The Morgan fingerprint density at radius 2 is 1.83 bits per heavy atom. The Bertz CT molecular complexity index is 1330. The molecule has 0 bridgehead atoms. The van der Waals surface area contributed by atoms with Crippen molar-refractivity contribution in [1.82, 2.24) is 9.55 Å². The van der Waals surface area contributed by atoms with Crippen LogP contribution in [0.5, 0.6) is 0 Å². The highest BCUT2D eigenvalue weighted by Gasteiger charge is 2.16. The lowest BCUT2D eigenvalue weighted by molar-refractivity contribution is -0.116. The fourth-order valence-electron chi connectivity index (χ4n) is 3.24. The van der Waals surface area contributed by atoms with Gasteiger partial charge in [-0.15, -0.1) is 0 Å². The third-order valence-corrected chi connectivity index (χ3v) is 4.64. The number of nitrogens with one attached hydrogen (secondary N) is 1. The van der Waals surface area contributed by atoms with Crippen molar-refractivity contribution >= 4 is 22.5 Å². The molecule has 150 valence electrons. The summed E-state index contributed by atoms with van der Waals surface area (Å²) in [5.41, 5.74) is 1.62. The Balaban J connectivity index is 1.78. The zero-order valence-corrected chi connectivity index (χ0v) is 16.0. The van der Waals surface area contributed by atoms with Crippen molar-refractivity contribution in [2.24, 2.45) is 0 Å². The topological polar surface area (TPSA) is 64.0 Å². The molecule has 0 radical (unpaired) electrons.